The van der Waals surface area contributed by atoms with Gasteiger partial charge in [-0.3, -0.25) is 4.79 Å². The first kappa shape index (κ1) is 15.0. The number of carboxylic acids is 1. The zero-order valence-corrected chi connectivity index (χ0v) is 12.3. The summed E-state index contributed by atoms with van der Waals surface area (Å²) in [5.41, 5.74) is 1.12. The molecule has 1 aromatic carbocycles. The number of aromatic nitrogens is 3. The van der Waals surface area contributed by atoms with E-state index in [0.717, 1.165) is 0 Å². The topological polar surface area (TPSA) is 97.1 Å². The lowest BCUT2D eigenvalue weighted by Crippen LogP contribution is -2.40. The molecule has 0 aliphatic heterocycles. The van der Waals surface area contributed by atoms with Gasteiger partial charge in [-0.05, 0) is 39.0 Å². The maximum Gasteiger partial charge on any atom is 0.335 e. The van der Waals surface area contributed by atoms with Gasteiger partial charge in [-0.2, -0.15) is 0 Å². The molecular formula is C14H18N4O3. The van der Waals surface area contributed by atoms with Crippen LogP contribution < -0.4 is 5.32 Å². The Hall–Kier alpha value is -2.44. The molecule has 112 valence electrons. The molecule has 21 heavy (non-hydrogen) atoms. The summed E-state index contributed by atoms with van der Waals surface area (Å²) in [7, 11) is 0. The average Bonchev–Trinajstić information content (AvgIpc) is 2.76. The van der Waals surface area contributed by atoms with E-state index in [1.165, 1.54) is 12.1 Å². The SMILES string of the molecule is CC(C)(C)NC(=O)CCn1nnc2cc(C(=O)O)ccc21. The normalized spacial score (nSPS) is 11.6. The molecule has 7 heteroatoms. The molecule has 0 aliphatic carbocycles. The molecule has 0 fully saturated rings. The van der Waals surface area contributed by atoms with Gasteiger partial charge >= 0.3 is 5.97 Å². The van der Waals surface area contributed by atoms with Gasteiger partial charge in [0.1, 0.15) is 5.52 Å². The van der Waals surface area contributed by atoms with Gasteiger partial charge in [-0.15, -0.1) is 5.10 Å². The van der Waals surface area contributed by atoms with Gasteiger partial charge in [0.25, 0.3) is 0 Å². The summed E-state index contributed by atoms with van der Waals surface area (Å²) in [6, 6.07) is 4.62. The zero-order chi connectivity index (χ0) is 15.6. The van der Waals surface area contributed by atoms with Crippen LogP contribution in [0.4, 0.5) is 0 Å². The van der Waals surface area contributed by atoms with Crippen molar-refractivity contribution in [3.8, 4) is 0 Å². The van der Waals surface area contributed by atoms with E-state index in [0.29, 0.717) is 17.6 Å². The first-order valence-electron chi connectivity index (χ1n) is 6.64. The number of aromatic carboxylic acids is 1. The number of nitrogens with zero attached hydrogens (tertiary/aromatic N) is 3. The summed E-state index contributed by atoms with van der Waals surface area (Å²) in [5.74, 6) is -1.07. The van der Waals surface area contributed by atoms with Gasteiger partial charge in [-0.25, -0.2) is 9.48 Å². The van der Waals surface area contributed by atoms with Crippen LogP contribution in [0.2, 0.25) is 0 Å². The van der Waals surface area contributed by atoms with Crippen LogP contribution in [0.1, 0.15) is 37.6 Å². The van der Waals surface area contributed by atoms with E-state index in [9.17, 15) is 9.59 Å². The minimum Gasteiger partial charge on any atom is -0.478 e. The van der Waals surface area contributed by atoms with Crippen molar-refractivity contribution < 1.29 is 14.7 Å². The van der Waals surface area contributed by atoms with Crippen LogP contribution in [0.5, 0.6) is 0 Å². The summed E-state index contributed by atoms with van der Waals surface area (Å²) in [5, 5.41) is 19.7. The van der Waals surface area contributed by atoms with Crippen LogP contribution in [0.25, 0.3) is 11.0 Å². The number of nitrogens with one attached hydrogen (secondary N) is 1. The van der Waals surface area contributed by atoms with Gasteiger partial charge in [-0.1, -0.05) is 5.21 Å². The summed E-state index contributed by atoms with van der Waals surface area (Å²) < 4.78 is 1.60. The van der Waals surface area contributed by atoms with Crippen LogP contribution in [0, 0.1) is 0 Å². The second kappa shape index (κ2) is 5.51. The Morgan fingerprint density at radius 3 is 2.67 bits per heavy atom. The molecule has 2 rings (SSSR count). The molecule has 7 nitrogen and oxygen atoms in total. The fourth-order valence-electron chi connectivity index (χ4n) is 1.96. The predicted molar refractivity (Wildman–Crippen MR) is 77.0 cm³/mol. The number of hydrogen-bond donors (Lipinski definition) is 2. The number of carbonyl (C=O) groups is 2. The molecular weight excluding hydrogens is 272 g/mol. The molecule has 0 radical (unpaired) electrons. The van der Waals surface area contributed by atoms with Gasteiger partial charge in [0.05, 0.1) is 17.6 Å². The first-order chi connectivity index (χ1) is 9.76. The maximum atomic E-state index is 11.8. The minimum absolute atomic E-state index is 0.0618. The Morgan fingerprint density at radius 2 is 2.05 bits per heavy atom. The van der Waals surface area contributed by atoms with E-state index in [-0.39, 0.29) is 23.4 Å². The number of amides is 1. The highest BCUT2D eigenvalue weighted by atomic mass is 16.4. The Kier molecular flexibility index (Phi) is 3.93. The summed E-state index contributed by atoms with van der Waals surface area (Å²) in [4.78, 5) is 22.7. The molecule has 1 heterocycles. The number of rotatable bonds is 4. The highest BCUT2D eigenvalue weighted by molar-refractivity contribution is 5.92. The molecule has 0 aliphatic rings. The van der Waals surface area contributed by atoms with Crippen molar-refractivity contribution in [2.24, 2.45) is 0 Å². The van der Waals surface area contributed by atoms with E-state index in [1.54, 1.807) is 10.7 Å². The van der Waals surface area contributed by atoms with Crippen molar-refractivity contribution >= 4 is 22.9 Å². The molecule has 0 saturated heterocycles. The number of fused-ring (bicyclic) bond motifs is 1. The predicted octanol–water partition coefficient (Wildman–Crippen LogP) is 1.43. The number of aryl methyl sites for hydroxylation is 1. The monoisotopic (exact) mass is 290 g/mol. The van der Waals surface area contributed by atoms with Crippen molar-refractivity contribution in [3.05, 3.63) is 23.8 Å². The number of carbonyl (C=O) groups excluding carboxylic acids is 1. The highest BCUT2D eigenvalue weighted by Gasteiger charge is 2.14. The van der Waals surface area contributed by atoms with Crippen molar-refractivity contribution in [1.29, 1.82) is 0 Å². The van der Waals surface area contributed by atoms with Gasteiger partial charge < -0.3 is 10.4 Å². The van der Waals surface area contributed by atoms with E-state index in [4.69, 9.17) is 5.11 Å². The second-order valence-corrected chi connectivity index (χ2v) is 5.87. The van der Waals surface area contributed by atoms with Crippen LogP contribution in [0.3, 0.4) is 0 Å². The van der Waals surface area contributed by atoms with E-state index in [2.05, 4.69) is 15.6 Å². The lowest BCUT2D eigenvalue weighted by atomic mass is 10.1. The highest BCUT2D eigenvalue weighted by Crippen LogP contribution is 2.14. The summed E-state index contributed by atoms with van der Waals surface area (Å²) in [6.07, 6.45) is 0.288. The van der Waals surface area contributed by atoms with Crippen molar-refractivity contribution in [2.45, 2.75) is 39.3 Å². The molecule has 0 atom stereocenters. The van der Waals surface area contributed by atoms with Crippen molar-refractivity contribution in [1.82, 2.24) is 20.3 Å². The zero-order valence-electron chi connectivity index (χ0n) is 12.3. The standard InChI is InChI=1S/C14H18N4O3/c1-14(2,3)15-12(19)6-7-18-11-5-4-9(13(20)21)8-10(11)16-17-18/h4-5,8H,6-7H2,1-3H3,(H,15,19)(H,20,21). The molecule has 1 amide bonds. The van der Waals surface area contributed by atoms with E-state index < -0.39 is 5.97 Å². The number of carboxylic acid groups (broad SMARTS) is 1. The summed E-state index contributed by atoms with van der Waals surface area (Å²) in [6.45, 7) is 6.15. The molecule has 0 saturated carbocycles. The Bertz CT molecular complexity index is 685. The number of benzene rings is 1. The third-order valence-electron chi connectivity index (χ3n) is 2.83. The fraction of sp³-hybridized carbons (Fsp3) is 0.429. The fourth-order valence-corrected chi connectivity index (χ4v) is 1.96. The van der Waals surface area contributed by atoms with Gasteiger partial charge in [0, 0.05) is 12.0 Å². The third-order valence-corrected chi connectivity index (χ3v) is 2.83. The largest absolute Gasteiger partial charge is 0.478 e. The Labute approximate surface area is 121 Å². The molecule has 1 aromatic heterocycles. The van der Waals surface area contributed by atoms with Gasteiger partial charge in [0.2, 0.25) is 5.91 Å². The summed E-state index contributed by atoms with van der Waals surface area (Å²) >= 11 is 0. The van der Waals surface area contributed by atoms with Crippen LogP contribution in [-0.4, -0.2) is 37.5 Å². The quantitative estimate of drug-likeness (QED) is 0.888. The van der Waals surface area contributed by atoms with Crippen LogP contribution >= 0.6 is 0 Å². The minimum atomic E-state index is -1.00. The third kappa shape index (κ3) is 3.77. The van der Waals surface area contributed by atoms with Crippen molar-refractivity contribution in [2.75, 3.05) is 0 Å². The van der Waals surface area contributed by atoms with Crippen LogP contribution in [0.15, 0.2) is 18.2 Å². The van der Waals surface area contributed by atoms with Crippen molar-refractivity contribution in [3.63, 3.8) is 0 Å². The lowest BCUT2D eigenvalue weighted by molar-refractivity contribution is -0.122. The molecule has 0 bridgehead atoms. The molecule has 2 N–H and O–H groups in total. The lowest BCUT2D eigenvalue weighted by Gasteiger charge is -2.20. The molecule has 0 spiro atoms. The van der Waals surface area contributed by atoms with E-state index >= 15 is 0 Å². The van der Waals surface area contributed by atoms with E-state index in [1.807, 2.05) is 20.8 Å². The Balaban J connectivity index is 2.10. The average molecular weight is 290 g/mol. The van der Waals surface area contributed by atoms with Gasteiger partial charge in [0.15, 0.2) is 0 Å². The van der Waals surface area contributed by atoms with Crippen LogP contribution in [-0.2, 0) is 11.3 Å². The first-order valence-corrected chi connectivity index (χ1v) is 6.64. The maximum absolute atomic E-state index is 11.8. The molecule has 2 aromatic rings. The number of hydrogen-bond acceptors (Lipinski definition) is 4. The molecule has 0 unspecified atom stereocenters. The smallest absolute Gasteiger partial charge is 0.335 e. The second-order valence-electron chi connectivity index (χ2n) is 5.87. The Morgan fingerprint density at radius 1 is 1.33 bits per heavy atom.